The van der Waals surface area contributed by atoms with E-state index >= 15 is 0 Å². The summed E-state index contributed by atoms with van der Waals surface area (Å²) in [6.07, 6.45) is 0. The number of nitrogens with one attached hydrogen (secondary N) is 1. The SMILES string of the molecule is Cc1cc(NC[C@H](c2cccs2)N(C)C)c2ccccc2n1. The van der Waals surface area contributed by atoms with E-state index < -0.39 is 0 Å². The number of hydrogen-bond acceptors (Lipinski definition) is 4. The first-order valence-corrected chi connectivity index (χ1v) is 8.33. The normalized spacial score (nSPS) is 12.7. The highest BCUT2D eigenvalue weighted by Gasteiger charge is 2.15. The van der Waals surface area contributed by atoms with Crippen LogP contribution in [0.25, 0.3) is 10.9 Å². The molecular formula is C18H21N3S. The summed E-state index contributed by atoms with van der Waals surface area (Å²) in [5.74, 6) is 0. The van der Waals surface area contributed by atoms with E-state index in [9.17, 15) is 0 Å². The zero-order valence-electron chi connectivity index (χ0n) is 13.2. The first-order valence-electron chi connectivity index (χ1n) is 7.45. The van der Waals surface area contributed by atoms with E-state index in [0.717, 1.165) is 23.4 Å². The Kier molecular flexibility index (Phi) is 4.41. The number of anilines is 1. The van der Waals surface area contributed by atoms with Gasteiger partial charge in [-0.05, 0) is 44.6 Å². The summed E-state index contributed by atoms with van der Waals surface area (Å²) in [6.45, 7) is 2.92. The number of pyridine rings is 1. The molecule has 0 aliphatic rings. The van der Waals surface area contributed by atoms with Crippen LogP contribution in [-0.4, -0.2) is 30.5 Å². The standard InChI is InChI=1S/C18H21N3S/c1-13-11-16(14-7-4-5-8-15(14)20-13)19-12-17(21(2)3)18-9-6-10-22-18/h4-11,17H,12H2,1-3H3,(H,19,20)/t17-/m1/s1. The maximum atomic E-state index is 4.60. The van der Waals surface area contributed by atoms with Crippen molar-refractivity contribution in [3.8, 4) is 0 Å². The Bertz CT molecular complexity index is 750. The van der Waals surface area contributed by atoms with Crippen molar-refractivity contribution in [1.82, 2.24) is 9.88 Å². The average molecular weight is 311 g/mol. The number of nitrogens with zero attached hydrogens (tertiary/aromatic N) is 2. The van der Waals surface area contributed by atoms with Crippen LogP contribution in [0, 0.1) is 6.92 Å². The van der Waals surface area contributed by atoms with Gasteiger partial charge in [0, 0.05) is 28.2 Å². The van der Waals surface area contributed by atoms with E-state index in [4.69, 9.17) is 0 Å². The molecule has 0 aliphatic carbocycles. The second-order valence-electron chi connectivity index (χ2n) is 5.70. The average Bonchev–Trinajstić information content (AvgIpc) is 3.01. The summed E-state index contributed by atoms with van der Waals surface area (Å²) in [5, 5.41) is 6.94. The smallest absolute Gasteiger partial charge is 0.0725 e. The summed E-state index contributed by atoms with van der Waals surface area (Å²) in [7, 11) is 4.25. The third kappa shape index (κ3) is 3.13. The molecule has 22 heavy (non-hydrogen) atoms. The Labute approximate surface area is 135 Å². The van der Waals surface area contributed by atoms with E-state index in [2.05, 4.69) is 71.1 Å². The molecule has 3 aromatic rings. The number of para-hydroxylation sites is 1. The van der Waals surface area contributed by atoms with Gasteiger partial charge in [-0.25, -0.2) is 0 Å². The lowest BCUT2D eigenvalue weighted by molar-refractivity contribution is 0.316. The minimum atomic E-state index is 0.368. The van der Waals surface area contributed by atoms with Gasteiger partial charge in [0.2, 0.25) is 0 Å². The maximum Gasteiger partial charge on any atom is 0.0725 e. The van der Waals surface area contributed by atoms with E-state index in [0.29, 0.717) is 6.04 Å². The highest BCUT2D eigenvalue weighted by atomic mass is 32.1. The van der Waals surface area contributed by atoms with Gasteiger partial charge >= 0.3 is 0 Å². The Morgan fingerprint density at radius 1 is 1.18 bits per heavy atom. The molecule has 1 atom stereocenters. The first-order chi connectivity index (χ1) is 10.6. The van der Waals surface area contributed by atoms with Gasteiger partial charge in [-0.1, -0.05) is 24.3 Å². The van der Waals surface area contributed by atoms with Crippen molar-refractivity contribution in [2.45, 2.75) is 13.0 Å². The van der Waals surface area contributed by atoms with Crippen LogP contribution in [0.15, 0.2) is 47.8 Å². The Balaban J connectivity index is 1.87. The molecule has 2 heterocycles. The van der Waals surface area contributed by atoms with E-state index in [1.54, 1.807) is 0 Å². The predicted molar refractivity (Wildman–Crippen MR) is 95.7 cm³/mol. The number of aryl methyl sites for hydroxylation is 1. The van der Waals surface area contributed by atoms with Crippen molar-refractivity contribution in [2.24, 2.45) is 0 Å². The molecule has 114 valence electrons. The largest absolute Gasteiger partial charge is 0.382 e. The molecule has 0 amide bonds. The van der Waals surface area contributed by atoms with Crippen molar-refractivity contribution in [3.05, 3.63) is 58.4 Å². The number of likely N-dealkylation sites (N-methyl/N-ethyl adjacent to an activating group) is 1. The Morgan fingerprint density at radius 2 is 2.00 bits per heavy atom. The van der Waals surface area contributed by atoms with E-state index in [1.807, 2.05) is 24.3 Å². The number of aromatic nitrogens is 1. The third-order valence-electron chi connectivity index (χ3n) is 3.83. The number of hydrogen-bond donors (Lipinski definition) is 1. The molecule has 1 N–H and O–H groups in total. The monoisotopic (exact) mass is 311 g/mol. The predicted octanol–water partition coefficient (Wildman–Crippen LogP) is 4.32. The van der Waals surface area contributed by atoms with Crippen LogP contribution >= 0.6 is 11.3 Å². The number of thiophene rings is 1. The van der Waals surface area contributed by atoms with Gasteiger partial charge in [0.25, 0.3) is 0 Å². The minimum absolute atomic E-state index is 0.368. The van der Waals surface area contributed by atoms with Crippen molar-refractivity contribution in [3.63, 3.8) is 0 Å². The molecule has 3 nitrogen and oxygen atoms in total. The maximum absolute atomic E-state index is 4.60. The van der Waals surface area contributed by atoms with Gasteiger partial charge in [-0.3, -0.25) is 4.98 Å². The third-order valence-corrected chi connectivity index (χ3v) is 4.80. The molecule has 0 radical (unpaired) electrons. The molecule has 4 heteroatoms. The van der Waals surface area contributed by atoms with Crippen molar-refractivity contribution < 1.29 is 0 Å². The summed E-state index contributed by atoms with van der Waals surface area (Å²) in [4.78, 5) is 8.24. The zero-order chi connectivity index (χ0) is 15.5. The lowest BCUT2D eigenvalue weighted by atomic mass is 10.1. The van der Waals surface area contributed by atoms with Crippen molar-refractivity contribution in [1.29, 1.82) is 0 Å². The first kappa shape index (κ1) is 15.0. The molecule has 3 rings (SSSR count). The quantitative estimate of drug-likeness (QED) is 0.760. The van der Waals surface area contributed by atoms with Crippen LogP contribution in [0.2, 0.25) is 0 Å². The van der Waals surface area contributed by atoms with E-state index in [-0.39, 0.29) is 0 Å². The molecule has 0 aliphatic heterocycles. The Morgan fingerprint density at radius 3 is 2.73 bits per heavy atom. The van der Waals surface area contributed by atoms with Gasteiger partial charge in [0.05, 0.1) is 11.6 Å². The van der Waals surface area contributed by atoms with Gasteiger partial charge < -0.3 is 10.2 Å². The molecule has 2 aromatic heterocycles. The molecule has 0 bridgehead atoms. The van der Waals surface area contributed by atoms with Gasteiger partial charge in [0.1, 0.15) is 0 Å². The fraction of sp³-hybridized carbons (Fsp3) is 0.278. The lowest BCUT2D eigenvalue weighted by Gasteiger charge is -2.24. The molecule has 0 saturated heterocycles. The zero-order valence-corrected chi connectivity index (χ0v) is 14.0. The van der Waals surface area contributed by atoms with Gasteiger partial charge in [-0.15, -0.1) is 11.3 Å². The van der Waals surface area contributed by atoms with Crippen LogP contribution < -0.4 is 5.32 Å². The van der Waals surface area contributed by atoms with E-state index in [1.165, 1.54) is 10.3 Å². The molecule has 0 fully saturated rings. The van der Waals surface area contributed by atoms with Crippen LogP contribution in [0.5, 0.6) is 0 Å². The molecule has 0 spiro atoms. The highest BCUT2D eigenvalue weighted by Crippen LogP contribution is 2.27. The minimum Gasteiger partial charge on any atom is -0.382 e. The summed E-state index contributed by atoms with van der Waals surface area (Å²) in [5.41, 5.74) is 3.24. The topological polar surface area (TPSA) is 28.2 Å². The fourth-order valence-corrected chi connectivity index (χ4v) is 3.60. The van der Waals surface area contributed by atoms with Crippen molar-refractivity contribution in [2.75, 3.05) is 26.0 Å². The summed E-state index contributed by atoms with van der Waals surface area (Å²) < 4.78 is 0. The van der Waals surface area contributed by atoms with Crippen molar-refractivity contribution >= 4 is 27.9 Å². The molecule has 0 saturated carbocycles. The van der Waals surface area contributed by atoms with Gasteiger partial charge in [-0.2, -0.15) is 0 Å². The van der Waals surface area contributed by atoms with Crippen LogP contribution in [0.3, 0.4) is 0 Å². The Hall–Kier alpha value is -1.91. The second kappa shape index (κ2) is 6.46. The lowest BCUT2D eigenvalue weighted by Crippen LogP contribution is -2.26. The number of benzene rings is 1. The summed E-state index contributed by atoms with van der Waals surface area (Å²) >= 11 is 1.81. The number of rotatable bonds is 5. The van der Waals surface area contributed by atoms with Gasteiger partial charge in [0.15, 0.2) is 0 Å². The number of fused-ring (bicyclic) bond motifs is 1. The molecule has 0 unspecified atom stereocenters. The molecular weight excluding hydrogens is 290 g/mol. The fourth-order valence-electron chi connectivity index (χ4n) is 2.68. The second-order valence-corrected chi connectivity index (χ2v) is 6.68. The summed E-state index contributed by atoms with van der Waals surface area (Å²) in [6, 6.07) is 15.1. The van der Waals surface area contributed by atoms with Crippen LogP contribution in [0.1, 0.15) is 16.6 Å². The van der Waals surface area contributed by atoms with Crippen LogP contribution in [-0.2, 0) is 0 Å². The van der Waals surface area contributed by atoms with Crippen LogP contribution in [0.4, 0.5) is 5.69 Å². The molecule has 1 aromatic carbocycles. The highest BCUT2D eigenvalue weighted by molar-refractivity contribution is 7.10.